The standard InChI is InChI=1S/C20H20Br2ClNOS/c1-13-6-8-24(9-7-13)20(26)15-10-17(21)19(18(22)11-15)25-12-14-2-4-16(23)5-3-14/h2-5,10-11,13H,6-9,12H2,1H3. The SMILES string of the molecule is CC1CCN(C(=S)c2cc(Br)c(OCc3ccc(Cl)cc3)c(Br)c2)CC1. The Labute approximate surface area is 182 Å². The van der Waals surface area contributed by atoms with Crippen LogP contribution in [0, 0.1) is 5.92 Å². The molecule has 6 heteroatoms. The first-order chi connectivity index (χ1) is 12.4. The Balaban J connectivity index is 1.71. The van der Waals surface area contributed by atoms with Crippen LogP contribution in [0.2, 0.25) is 5.02 Å². The van der Waals surface area contributed by atoms with E-state index < -0.39 is 0 Å². The minimum Gasteiger partial charge on any atom is -0.487 e. The van der Waals surface area contributed by atoms with Crippen LogP contribution in [0.4, 0.5) is 0 Å². The molecule has 2 aromatic carbocycles. The lowest BCUT2D eigenvalue weighted by Crippen LogP contribution is -2.37. The lowest BCUT2D eigenvalue weighted by atomic mass is 9.99. The number of hydrogen-bond donors (Lipinski definition) is 0. The number of piperidine rings is 1. The van der Waals surface area contributed by atoms with Crippen molar-refractivity contribution in [3.05, 3.63) is 61.5 Å². The van der Waals surface area contributed by atoms with Gasteiger partial charge in [0.2, 0.25) is 0 Å². The van der Waals surface area contributed by atoms with Gasteiger partial charge in [-0.2, -0.15) is 0 Å². The number of thiocarbonyl (C=S) groups is 1. The monoisotopic (exact) mass is 515 g/mol. The van der Waals surface area contributed by atoms with Crippen LogP contribution in [-0.4, -0.2) is 23.0 Å². The van der Waals surface area contributed by atoms with Crippen molar-refractivity contribution in [3.63, 3.8) is 0 Å². The van der Waals surface area contributed by atoms with Crippen LogP contribution in [0.3, 0.4) is 0 Å². The summed E-state index contributed by atoms with van der Waals surface area (Å²) in [5.41, 5.74) is 2.10. The third-order valence-electron chi connectivity index (χ3n) is 4.61. The summed E-state index contributed by atoms with van der Waals surface area (Å²) in [4.78, 5) is 3.21. The van der Waals surface area contributed by atoms with Crippen molar-refractivity contribution in [1.29, 1.82) is 0 Å². The van der Waals surface area contributed by atoms with Gasteiger partial charge in [-0.05, 0) is 80.4 Å². The van der Waals surface area contributed by atoms with Gasteiger partial charge in [0.1, 0.15) is 17.3 Å². The molecule has 0 bridgehead atoms. The number of halogens is 3. The van der Waals surface area contributed by atoms with Crippen molar-refractivity contribution < 1.29 is 4.74 Å². The average Bonchev–Trinajstić information content (AvgIpc) is 2.62. The molecule has 0 N–H and O–H groups in total. The minimum absolute atomic E-state index is 0.474. The van der Waals surface area contributed by atoms with Crippen molar-refractivity contribution in [2.75, 3.05) is 13.1 Å². The second kappa shape index (κ2) is 9.05. The number of hydrogen-bond acceptors (Lipinski definition) is 2. The largest absolute Gasteiger partial charge is 0.487 e. The van der Waals surface area contributed by atoms with Gasteiger partial charge in [-0.1, -0.05) is 42.9 Å². The van der Waals surface area contributed by atoms with Gasteiger partial charge in [-0.25, -0.2) is 0 Å². The summed E-state index contributed by atoms with van der Waals surface area (Å²) in [5, 5.41) is 0.723. The van der Waals surface area contributed by atoms with E-state index in [0.29, 0.717) is 6.61 Å². The zero-order valence-corrected chi connectivity index (χ0v) is 19.2. The Hall–Kier alpha value is -0.620. The van der Waals surface area contributed by atoms with Gasteiger partial charge in [-0.15, -0.1) is 0 Å². The molecule has 0 atom stereocenters. The zero-order valence-electron chi connectivity index (χ0n) is 14.5. The molecule has 1 saturated heterocycles. The predicted octanol–water partition coefficient (Wildman–Crippen LogP) is 6.85. The highest BCUT2D eigenvalue weighted by molar-refractivity contribution is 9.11. The summed E-state index contributed by atoms with van der Waals surface area (Å²) in [6, 6.07) is 11.7. The van der Waals surface area contributed by atoms with Gasteiger partial charge in [0.05, 0.1) is 8.95 Å². The maximum absolute atomic E-state index is 5.99. The molecule has 0 radical (unpaired) electrons. The summed E-state index contributed by atoms with van der Waals surface area (Å²) >= 11 is 18.9. The van der Waals surface area contributed by atoms with Crippen LogP contribution < -0.4 is 4.74 Å². The maximum Gasteiger partial charge on any atom is 0.148 e. The fourth-order valence-corrected chi connectivity index (χ4v) is 4.79. The highest BCUT2D eigenvalue weighted by Crippen LogP contribution is 2.36. The van der Waals surface area contributed by atoms with Crippen LogP contribution in [0.15, 0.2) is 45.3 Å². The predicted molar refractivity (Wildman–Crippen MR) is 119 cm³/mol. The van der Waals surface area contributed by atoms with Crippen LogP contribution in [0.5, 0.6) is 5.75 Å². The van der Waals surface area contributed by atoms with Gasteiger partial charge in [0, 0.05) is 23.7 Å². The van der Waals surface area contributed by atoms with Crippen molar-refractivity contribution in [2.45, 2.75) is 26.4 Å². The fraction of sp³-hybridized carbons (Fsp3) is 0.350. The molecule has 1 aliphatic heterocycles. The van der Waals surface area contributed by atoms with Gasteiger partial charge < -0.3 is 9.64 Å². The van der Waals surface area contributed by atoms with E-state index in [1.807, 2.05) is 36.4 Å². The van der Waals surface area contributed by atoms with E-state index in [2.05, 4.69) is 43.7 Å². The molecule has 2 nitrogen and oxygen atoms in total. The number of ether oxygens (including phenoxy) is 1. The molecule has 3 rings (SSSR count). The summed E-state index contributed by atoms with van der Waals surface area (Å²) in [5.74, 6) is 1.56. The number of nitrogens with zero attached hydrogens (tertiary/aromatic N) is 1. The van der Waals surface area contributed by atoms with Crippen molar-refractivity contribution in [2.24, 2.45) is 5.92 Å². The number of rotatable bonds is 4. The molecule has 138 valence electrons. The summed E-state index contributed by atoms with van der Waals surface area (Å²) in [6.45, 7) is 4.84. The quantitative estimate of drug-likeness (QED) is 0.412. The molecule has 0 unspecified atom stereocenters. The van der Waals surface area contributed by atoms with Gasteiger partial charge in [0.15, 0.2) is 0 Å². The maximum atomic E-state index is 5.99. The third-order valence-corrected chi connectivity index (χ3v) is 6.54. The van der Waals surface area contributed by atoms with E-state index in [1.165, 1.54) is 12.8 Å². The molecule has 1 heterocycles. The normalized spacial score (nSPS) is 15.2. The van der Waals surface area contributed by atoms with E-state index in [0.717, 1.165) is 54.8 Å². The van der Waals surface area contributed by atoms with E-state index in [4.69, 9.17) is 28.6 Å². The van der Waals surface area contributed by atoms with E-state index in [9.17, 15) is 0 Å². The van der Waals surface area contributed by atoms with Gasteiger partial charge >= 0.3 is 0 Å². The van der Waals surface area contributed by atoms with E-state index in [1.54, 1.807) is 0 Å². The highest BCUT2D eigenvalue weighted by atomic mass is 79.9. The van der Waals surface area contributed by atoms with Gasteiger partial charge in [0.25, 0.3) is 0 Å². The third kappa shape index (κ3) is 5.00. The van der Waals surface area contributed by atoms with Crippen LogP contribution >= 0.6 is 55.7 Å². The van der Waals surface area contributed by atoms with Crippen molar-refractivity contribution in [1.82, 2.24) is 4.90 Å². The molecule has 26 heavy (non-hydrogen) atoms. The molecule has 0 amide bonds. The molecule has 2 aromatic rings. The summed E-state index contributed by atoms with van der Waals surface area (Å²) in [7, 11) is 0. The van der Waals surface area contributed by atoms with Crippen LogP contribution in [-0.2, 0) is 6.61 Å². The first-order valence-electron chi connectivity index (χ1n) is 8.59. The molecule has 0 aliphatic carbocycles. The average molecular weight is 518 g/mol. The zero-order chi connectivity index (χ0) is 18.7. The second-order valence-electron chi connectivity index (χ2n) is 6.66. The van der Waals surface area contributed by atoms with E-state index >= 15 is 0 Å². The lowest BCUT2D eigenvalue weighted by molar-refractivity contribution is 0.284. The van der Waals surface area contributed by atoms with Crippen molar-refractivity contribution in [3.8, 4) is 5.75 Å². The van der Waals surface area contributed by atoms with Gasteiger partial charge in [-0.3, -0.25) is 0 Å². The first kappa shape index (κ1) is 20.1. The first-order valence-corrected chi connectivity index (χ1v) is 11.0. The summed E-state index contributed by atoms with van der Waals surface area (Å²) < 4.78 is 7.78. The molecule has 0 spiro atoms. The molecule has 0 aromatic heterocycles. The minimum atomic E-state index is 0.474. The molecule has 0 saturated carbocycles. The summed E-state index contributed by atoms with van der Waals surface area (Å²) in [6.07, 6.45) is 2.40. The molecular formula is C20H20Br2ClNOS. The fourth-order valence-electron chi connectivity index (χ4n) is 2.95. The van der Waals surface area contributed by atoms with Crippen molar-refractivity contribution >= 4 is 60.7 Å². The van der Waals surface area contributed by atoms with Crippen LogP contribution in [0.1, 0.15) is 30.9 Å². The molecule has 1 fully saturated rings. The smallest absolute Gasteiger partial charge is 0.148 e. The molecule has 1 aliphatic rings. The topological polar surface area (TPSA) is 12.5 Å². The Kier molecular flexibility index (Phi) is 7.00. The Morgan fingerprint density at radius 3 is 2.31 bits per heavy atom. The Morgan fingerprint density at radius 2 is 1.73 bits per heavy atom. The second-order valence-corrected chi connectivity index (χ2v) is 9.19. The van der Waals surface area contributed by atoms with Crippen LogP contribution in [0.25, 0.3) is 0 Å². The Morgan fingerprint density at radius 1 is 1.15 bits per heavy atom. The molecular weight excluding hydrogens is 498 g/mol. The Bertz CT molecular complexity index is 766. The highest BCUT2D eigenvalue weighted by Gasteiger charge is 2.20. The lowest BCUT2D eigenvalue weighted by Gasteiger charge is -2.32. The number of likely N-dealkylation sites (tertiary alicyclic amines) is 1. The number of benzene rings is 2. The van der Waals surface area contributed by atoms with E-state index in [-0.39, 0.29) is 0 Å².